The number of unbranched alkanes of at least 4 members (excludes halogenated alkanes) is 7. The lowest BCUT2D eigenvalue weighted by Crippen LogP contribution is -2.30. The van der Waals surface area contributed by atoms with Crippen LogP contribution in [0, 0.1) is 5.41 Å². The van der Waals surface area contributed by atoms with E-state index in [4.69, 9.17) is 0 Å². The first-order chi connectivity index (χ1) is 21.7. The summed E-state index contributed by atoms with van der Waals surface area (Å²) in [5.41, 5.74) is -0.169. The molecule has 0 aliphatic heterocycles. The Hall–Kier alpha value is -0.0800. The van der Waals surface area contributed by atoms with Crippen molar-refractivity contribution in [3.8, 4) is 0 Å². The highest BCUT2D eigenvalue weighted by Gasteiger charge is 2.27. The van der Waals surface area contributed by atoms with Crippen LogP contribution in [0.25, 0.3) is 0 Å². The zero-order chi connectivity index (χ0) is 32.1. The van der Waals surface area contributed by atoms with Gasteiger partial charge in [0.05, 0.1) is 13.2 Å². The molecule has 3 aliphatic carbocycles. The van der Waals surface area contributed by atoms with Crippen LogP contribution in [0.3, 0.4) is 0 Å². The van der Waals surface area contributed by atoms with Gasteiger partial charge in [-0.1, -0.05) is 239 Å². The quantitative estimate of drug-likeness (QED) is 0.251. The van der Waals surface area contributed by atoms with Gasteiger partial charge in [-0.25, -0.2) is 0 Å². The van der Waals surface area contributed by atoms with Gasteiger partial charge >= 0.3 is 0 Å². The maximum Gasteiger partial charge on any atom is 0.0509 e. The molecule has 266 valence electrons. The van der Waals surface area contributed by atoms with E-state index in [0.717, 1.165) is 12.8 Å². The molecule has 0 heterocycles. The Bertz CT molecular complexity index is 394. The highest BCUT2D eigenvalue weighted by atomic mass is 16.3. The Balaban J connectivity index is 0.000000567. The molecule has 0 unspecified atom stereocenters. The topological polar surface area (TPSA) is 40.5 Å². The van der Waals surface area contributed by atoms with Crippen LogP contribution in [0.15, 0.2) is 0 Å². The minimum Gasteiger partial charge on any atom is -0.396 e. The van der Waals surface area contributed by atoms with E-state index in [1.165, 1.54) is 225 Å². The first-order valence-electron chi connectivity index (χ1n) is 21.0. The molecule has 0 saturated heterocycles. The minimum atomic E-state index is -0.169. The van der Waals surface area contributed by atoms with Gasteiger partial charge < -0.3 is 10.2 Å². The fourth-order valence-electron chi connectivity index (χ4n) is 7.12. The van der Waals surface area contributed by atoms with Crippen molar-refractivity contribution in [2.45, 2.75) is 251 Å². The molecule has 2 heteroatoms. The van der Waals surface area contributed by atoms with E-state index >= 15 is 0 Å². The van der Waals surface area contributed by atoms with E-state index in [2.05, 4.69) is 13.8 Å². The van der Waals surface area contributed by atoms with Crippen molar-refractivity contribution in [2.75, 3.05) is 13.2 Å². The molecular formula is C42H86O2. The number of hydrogen-bond donors (Lipinski definition) is 2. The van der Waals surface area contributed by atoms with Gasteiger partial charge in [-0.3, -0.25) is 0 Å². The summed E-state index contributed by atoms with van der Waals surface area (Å²) < 4.78 is 0. The van der Waals surface area contributed by atoms with Gasteiger partial charge in [0.1, 0.15) is 0 Å². The summed E-state index contributed by atoms with van der Waals surface area (Å²) in [5, 5.41) is 18.7. The number of aliphatic hydroxyl groups excluding tert-OH is 2. The SMILES string of the molecule is C1CCCCCCCCC1.C1CCCCCCCCC1.CCCCCCCCCC.OCC1(CO)CCCCCCCCC1. The van der Waals surface area contributed by atoms with Gasteiger partial charge in [0, 0.05) is 5.41 Å². The molecule has 0 aromatic rings. The lowest BCUT2D eigenvalue weighted by Gasteiger charge is -2.30. The smallest absolute Gasteiger partial charge is 0.0509 e. The van der Waals surface area contributed by atoms with Crippen molar-refractivity contribution in [3.05, 3.63) is 0 Å². The van der Waals surface area contributed by atoms with E-state index in [0.29, 0.717) is 0 Å². The fraction of sp³-hybridized carbons (Fsp3) is 1.00. The molecule has 3 fully saturated rings. The molecular weight excluding hydrogens is 536 g/mol. The summed E-state index contributed by atoms with van der Waals surface area (Å²) in [4.78, 5) is 0. The predicted octanol–water partition coefficient (Wildman–Crippen LogP) is 14.4. The third kappa shape index (κ3) is 31.9. The molecule has 0 amide bonds. The summed E-state index contributed by atoms with van der Waals surface area (Å²) in [6.07, 6.45) is 52.3. The zero-order valence-electron chi connectivity index (χ0n) is 31.0. The monoisotopic (exact) mass is 623 g/mol. The van der Waals surface area contributed by atoms with Gasteiger partial charge in [-0.2, -0.15) is 0 Å². The van der Waals surface area contributed by atoms with Crippen LogP contribution in [0.4, 0.5) is 0 Å². The third-order valence-electron chi connectivity index (χ3n) is 10.5. The van der Waals surface area contributed by atoms with Crippen LogP contribution in [0.2, 0.25) is 0 Å². The summed E-state index contributed by atoms with van der Waals surface area (Å²) in [7, 11) is 0. The molecule has 44 heavy (non-hydrogen) atoms. The van der Waals surface area contributed by atoms with E-state index in [1.807, 2.05) is 0 Å². The maximum atomic E-state index is 9.36. The minimum absolute atomic E-state index is 0.156. The first kappa shape index (κ1) is 43.9. The molecule has 2 N–H and O–H groups in total. The van der Waals surface area contributed by atoms with E-state index in [9.17, 15) is 10.2 Å². The summed E-state index contributed by atoms with van der Waals surface area (Å²) >= 11 is 0. The molecule has 0 bridgehead atoms. The van der Waals surface area contributed by atoms with Crippen LogP contribution >= 0.6 is 0 Å². The Labute approximate surface area is 279 Å². The second kappa shape index (κ2) is 37.4. The Morgan fingerprint density at radius 2 is 0.477 bits per heavy atom. The molecule has 0 radical (unpaired) electrons. The number of rotatable bonds is 9. The second-order valence-electron chi connectivity index (χ2n) is 15.0. The van der Waals surface area contributed by atoms with Gasteiger partial charge in [0.15, 0.2) is 0 Å². The fourth-order valence-corrected chi connectivity index (χ4v) is 7.12. The largest absolute Gasteiger partial charge is 0.396 e. The molecule has 0 spiro atoms. The molecule has 0 aromatic heterocycles. The second-order valence-corrected chi connectivity index (χ2v) is 15.0. The average molecular weight is 623 g/mol. The average Bonchev–Trinajstić information content (AvgIpc) is 3.08. The van der Waals surface area contributed by atoms with Crippen molar-refractivity contribution < 1.29 is 10.2 Å². The molecule has 3 aliphatic rings. The van der Waals surface area contributed by atoms with Crippen molar-refractivity contribution >= 4 is 0 Å². The lowest BCUT2D eigenvalue weighted by molar-refractivity contribution is 0.0345. The molecule has 3 saturated carbocycles. The van der Waals surface area contributed by atoms with Crippen molar-refractivity contribution in [1.29, 1.82) is 0 Å². The molecule has 0 atom stereocenters. The predicted molar refractivity (Wildman–Crippen MR) is 199 cm³/mol. The maximum absolute atomic E-state index is 9.36. The Morgan fingerprint density at radius 1 is 0.295 bits per heavy atom. The number of hydrogen-bond acceptors (Lipinski definition) is 2. The van der Waals surface area contributed by atoms with Gasteiger partial charge in [-0.15, -0.1) is 0 Å². The zero-order valence-corrected chi connectivity index (χ0v) is 31.0. The standard InChI is InChI=1S/C12H24O2.2C10H20.C10H22/c13-10-12(11-14)8-6-4-2-1-3-5-7-9-12;2*1-2-4-6-8-10-9-7-5-3-1;1-3-5-7-9-10-8-6-4-2/h13-14H,1-11H2;2*1-10H2;3-10H2,1-2H3. The summed E-state index contributed by atoms with van der Waals surface area (Å²) in [6, 6.07) is 0. The van der Waals surface area contributed by atoms with Gasteiger partial charge in [0.25, 0.3) is 0 Å². The van der Waals surface area contributed by atoms with Crippen LogP contribution in [-0.4, -0.2) is 23.4 Å². The van der Waals surface area contributed by atoms with E-state index in [-0.39, 0.29) is 18.6 Å². The van der Waals surface area contributed by atoms with Crippen molar-refractivity contribution in [2.24, 2.45) is 5.41 Å². The van der Waals surface area contributed by atoms with Gasteiger partial charge in [0.2, 0.25) is 0 Å². The van der Waals surface area contributed by atoms with Crippen molar-refractivity contribution in [3.63, 3.8) is 0 Å². The number of aliphatic hydroxyl groups is 2. The molecule has 0 aromatic carbocycles. The van der Waals surface area contributed by atoms with Crippen LogP contribution in [0.1, 0.15) is 251 Å². The van der Waals surface area contributed by atoms with E-state index in [1.54, 1.807) is 0 Å². The van der Waals surface area contributed by atoms with Gasteiger partial charge in [-0.05, 0) is 12.8 Å². The lowest BCUT2D eigenvalue weighted by atomic mass is 9.78. The highest BCUT2D eigenvalue weighted by Crippen LogP contribution is 2.32. The van der Waals surface area contributed by atoms with Crippen molar-refractivity contribution in [1.82, 2.24) is 0 Å². The Kier molecular flexibility index (Phi) is 37.3. The summed E-state index contributed by atoms with van der Waals surface area (Å²) in [5.74, 6) is 0. The Morgan fingerprint density at radius 3 is 0.659 bits per heavy atom. The third-order valence-corrected chi connectivity index (χ3v) is 10.5. The van der Waals surface area contributed by atoms with E-state index < -0.39 is 0 Å². The molecule has 2 nitrogen and oxygen atoms in total. The first-order valence-corrected chi connectivity index (χ1v) is 21.0. The molecule has 3 rings (SSSR count). The highest BCUT2D eigenvalue weighted by molar-refractivity contribution is 4.78. The summed E-state index contributed by atoms with van der Waals surface area (Å²) in [6.45, 7) is 4.85. The van der Waals surface area contributed by atoms with Crippen LogP contribution in [-0.2, 0) is 0 Å². The van der Waals surface area contributed by atoms with Crippen LogP contribution < -0.4 is 0 Å². The normalized spacial score (nSPS) is 21.0. The van der Waals surface area contributed by atoms with Crippen LogP contribution in [0.5, 0.6) is 0 Å².